The molecule has 12 aromatic carbocycles. The van der Waals surface area contributed by atoms with Crippen LogP contribution in [0.5, 0.6) is 0 Å². The standard InChI is InChI=1S/C64H40F4N2/c65-55-39-57(67)61(37-53(55)45-25-21-43(22-26-45)41-13-5-1-6-14-41)69(49-17-9-3-10-18-49)59-35-31-47-30-34-52-60(36-32-48-29-33-51(59)63(47)64(48)52)70(50-19-11-4-12-20-50)62-38-54(56(66)40-58(62)68)46-27-23-44(24-28-46)42-15-7-2-8-16-42/h1-40H. The Bertz CT molecular complexity index is 3590. The number of halogens is 4. The highest BCUT2D eigenvalue weighted by Crippen LogP contribution is 2.49. The molecule has 70 heavy (non-hydrogen) atoms. The summed E-state index contributed by atoms with van der Waals surface area (Å²) >= 11 is 0. The summed E-state index contributed by atoms with van der Waals surface area (Å²) in [7, 11) is 0. The molecule has 0 aliphatic rings. The van der Waals surface area contributed by atoms with Crippen LogP contribution in [0.25, 0.3) is 76.8 Å². The number of benzene rings is 12. The zero-order valence-electron chi connectivity index (χ0n) is 37.5. The second-order valence-corrected chi connectivity index (χ2v) is 17.4. The molecule has 0 aliphatic heterocycles. The van der Waals surface area contributed by atoms with Crippen molar-refractivity contribution in [3.63, 3.8) is 0 Å². The highest BCUT2D eigenvalue weighted by Gasteiger charge is 2.26. The van der Waals surface area contributed by atoms with Gasteiger partial charge in [0.25, 0.3) is 0 Å². The van der Waals surface area contributed by atoms with Crippen molar-refractivity contribution in [1.82, 2.24) is 0 Å². The Hall–Kier alpha value is -9.00. The monoisotopic (exact) mass is 912 g/mol. The molecular formula is C64H40F4N2. The Morgan fingerprint density at radius 3 is 0.929 bits per heavy atom. The lowest BCUT2D eigenvalue weighted by atomic mass is 9.91. The minimum Gasteiger partial charge on any atom is -0.307 e. The highest BCUT2D eigenvalue weighted by molar-refractivity contribution is 6.28. The van der Waals surface area contributed by atoms with Crippen LogP contribution in [0.3, 0.4) is 0 Å². The molecule has 12 rings (SSSR count). The summed E-state index contributed by atoms with van der Waals surface area (Å²) in [5.41, 5.74) is 8.89. The predicted octanol–water partition coefficient (Wildman–Crippen LogP) is 18.7. The van der Waals surface area contributed by atoms with Gasteiger partial charge in [-0.05, 0) is 103 Å². The van der Waals surface area contributed by atoms with Crippen LogP contribution in [0.15, 0.2) is 243 Å². The average molecular weight is 913 g/mol. The van der Waals surface area contributed by atoms with Crippen LogP contribution in [0.4, 0.5) is 51.7 Å². The molecule has 334 valence electrons. The number of anilines is 6. The molecule has 0 saturated carbocycles. The van der Waals surface area contributed by atoms with Gasteiger partial charge in [-0.2, -0.15) is 0 Å². The van der Waals surface area contributed by atoms with Gasteiger partial charge in [0, 0.05) is 45.4 Å². The molecule has 0 bridgehead atoms. The lowest BCUT2D eigenvalue weighted by molar-refractivity contribution is 0.586. The SMILES string of the molecule is Fc1cc(F)c(N(c2ccccc2)c2ccc3ccc4c(N(c5ccccc5)c5cc(-c6ccc(-c7ccccc7)cc6)c(F)cc5F)ccc5ccc2c3c54)cc1-c1ccc(-c2ccccc2)cc1. The molecule has 0 atom stereocenters. The van der Waals surface area contributed by atoms with Gasteiger partial charge in [0.15, 0.2) is 0 Å². The lowest BCUT2D eigenvalue weighted by Crippen LogP contribution is -2.13. The smallest absolute Gasteiger partial charge is 0.150 e. The molecule has 2 nitrogen and oxygen atoms in total. The molecule has 0 heterocycles. The van der Waals surface area contributed by atoms with Crippen molar-refractivity contribution in [1.29, 1.82) is 0 Å². The molecule has 0 saturated heterocycles. The first kappa shape index (κ1) is 42.4. The molecule has 0 aliphatic carbocycles. The van der Waals surface area contributed by atoms with Gasteiger partial charge in [0.2, 0.25) is 0 Å². The number of hydrogen-bond acceptors (Lipinski definition) is 2. The van der Waals surface area contributed by atoms with Crippen LogP contribution in [0, 0.1) is 23.3 Å². The van der Waals surface area contributed by atoms with Crippen molar-refractivity contribution >= 4 is 66.4 Å². The van der Waals surface area contributed by atoms with Gasteiger partial charge in [-0.15, -0.1) is 0 Å². The second-order valence-electron chi connectivity index (χ2n) is 17.4. The van der Waals surface area contributed by atoms with Crippen molar-refractivity contribution in [3.8, 4) is 44.5 Å². The Kier molecular flexibility index (Phi) is 10.6. The topological polar surface area (TPSA) is 6.48 Å². The Morgan fingerprint density at radius 1 is 0.243 bits per heavy atom. The predicted molar refractivity (Wildman–Crippen MR) is 281 cm³/mol. The van der Waals surface area contributed by atoms with Crippen molar-refractivity contribution in [3.05, 3.63) is 266 Å². The van der Waals surface area contributed by atoms with Crippen molar-refractivity contribution in [2.75, 3.05) is 9.80 Å². The first-order valence-corrected chi connectivity index (χ1v) is 23.1. The fourth-order valence-electron chi connectivity index (χ4n) is 9.94. The van der Waals surface area contributed by atoms with E-state index in [0.717, 1.165) is 66.7 Å². The van der Waals surface area contributed by atoms with Gasteiger partial charge in [-0.25, -0.2) is 17.6 Å². The van der Waals surface area contributed by atoms with Crippen molar-refractivity contribution in [2.45, 2.75) is 0 Å². The van der Waals surface area contributed by atoms with Gasteiger partial charge in [-0.3, -0.25) is 0 Å². The Balaban J connectivity index is 1.02. The van der Waals surface area contributed by atoms with E-state index in [1.165, 1.54) is 0 Å². The van der Waals surface area contributed by atoms with E-state index in [2.05, 4.69) is 0 Å². The second kappa shape index (κ2) is 17.6. The van der Waals surface area contributed by atoms with E-state index in [1.807, 2.05) is 228 Å². The van der Waals surface area contributed by atoms with E-state index in [4.69, 9.17) is 0 Å². The van der Waals surface area contributed by atoms with Crippen molar-refractivity contribution in [2.24, 2.45) is 0 Å². The first-order chi connectivity index (χ1) is 34.4. The summed E-state index contributed by atoms with van der Waals surface area (Å²) in [5.74, 6) is -2.77. The average Bonchev–Trinajstić information content (AvgIpc) is 3.41. The quantitative estimate of drug-likeness (QED) is 0.0996. The summed E-state index contributed by atoms with van der Waals surface area (Å²) in [6, 6.07) is 75.5. The summed E-state index contributed by atoms with van der Waals surface area (Å²) < 4.78 is 65.3. The van der Waals surface area contributed by atoms with E-state index in [1.54, 1.807) is 12.1 Å². The molecule has 0 unspecified atom stereocenters. The van der Waals surface area contributed by atoms with Crippen molar-refractivity contribution < 1.29 is 17.6 Å². The van der Waals surface area contributed by atoms with Crippen LogP contribution < -0.4 is 9.80 Å². The summed E-state index contributed by atoms with van der Waals surface area (Å²) in [6.07, 6.45) is 0. The summed E-state index contributed by atoms with van der Waals surface area (Å²) in [6.45, 7) is 0. The van der Waals surface area contributed by atoms with Gasteiger partial charge in [-0.1, -0.05) is 182 Å². The largest absolute Gasteiger partial charge is 0.307 e. The molecule has 12 aromatic rings. The Morgan fingerprint density at radius 2 is 0.557 bits per heavy atom. The molecule has 6 heteroatoms. The molecule has 0 aromatic heterocycles. The molecule has 0 amide bonds. The molecule has 0 radical (unpaired) electrons. The molecular weight excluding hydrogens is 873 g/mol. The normalized spacial score (nSPS) is 11.4. The van der Waals surface area contributed by atoms with Gasteiger partial charge >= 0.3 is 0 Å². The fraction of sp³-hybridized carbons (Fsp3) is 0. The minimum atomic E-state index is -0.717. The van der Waals surface area contributed by atoms with Crippen LogP contribution in [-0.2, 0) is 0 Å². The number of para-hydroxylation sites is 2. The molecule has 0 fully saturated rings. The van der Waals surface area contributed by atoms with E-state index < -0.39 is 23.3 Å². The van der Waals surface area contributed by atoms with Crippen LogP contribution >= 0.6 is 0 Å². The van der Waals surface area contributed by atoms with Gasteiger partial charge < -0.3 is 9.80 Å². The zero-order valence-corrected chi connectivity index (χ0v) is 37.5. The number of hydrogen-bond donors (Lipinski definition) is 0. The third kappa shape index (κ3) is 7.47. The Labute approximate surface area is 402 Å². The number of nitrogens with zero attached hydrogens (tertiary/aromatic N) is 2. The maximum Gasteiger partial charge on any atom is 0.150 e. The molecule has 0 spiro atoms. The lowest BCUT2D eigenvalue weighted by Gasteiger charge is -2.30. The van der Waals surface area contributed by atoms with Crippen LogP contribution in [0.2, 0.25) is 0 Å². The maximum absolute atomic E-state index is 16.7. The van der Waals surface area contributed by atoms with E-state index in [9.17, 15) is 0 Å². The van der Waals surface area contributed by atoms with E-state index in [0.29, 0.717) is 33.9 Å². The summed E-state index contributed by atoms with van der Waals surface area (Å²) in [4.78, 5) is 3.70. The van der Waals surface area contributed by atoms with Crippen LogP contribution in [-0.4, -0.2) is 0 Å². The first-order valence-electron chi connectivity index (χ1n) is 23.1. The number of rotatable bonds is 10. The summed E-state index contributed by atoms with van der Waals surface area (Å²) in [5, 5.41) is 5.38. The highest BCUT2D eigenvalue weighted by atomic mass is 19.1. The van der Waals surface area contributed by atoms with Gasteiger partial charge in [0.1, 0.15) is 23.3 Å². The third-order valence-electron chi connectivity index (χ3n) is 13.3. The van der Waals surface area contributed by atoms with Gasteiger partial charge in [0.05, 0.1) is 22.7 Å². The maximum atomic E-state index is 16.7. The fourth-order valence-corrected chi connectivity index (χ4v) is 9.94. The van der Waals surface area contributed by atoms with E-state index >= 15 is 17.6 Å². The zero-order chi connectivity index (χ0) is 47.3. The third-order valence-corrected chi connectivity index (χ3v) is 13.3. The van der Waals surface area contributed by atoms with E-state index in [-0.39, 0.29) is 22.5 Å². The minimum absolute atomic E-state index is 0.179. The van der Waals surface area contributed by atoms with Crippen LogP contribution in [0.1, 0.15) is 0 Å². The molecule has 0 N–H and O–H groups in total.